The molecule has 0 bridgehead atoms. The van der Waals surface area contributed by atoms with Crippen molar-refractivity contribution in [1.29, 1.82) is 0 Å². The van der Waals surface area contributed by atoms with Gasteiger partial charge in [0, 0.05) is 45.4 Å². The number of allylic oxidation sites excluding steroid dienone is 6. The molecule has 0 heterocycles. The zero-order valence-electron chi connectivity index (χ0n) is 45.6. The number of rotatable bonds is 55. The lowest BCUT2D eigenvalue weighted by Gasteiger charge is -2.22. The first-order valence-corrected chi connectivity index (χ1v) is 29.8. The average molecular weight is 956 g/mol. The van der Waals surface area contributed by atoms with Gasteiger partial charge in [-0.3, -0.25) is 19.3 Å². The molecular weight excluding hydrogens is 841 g/mol. The summed E-state index contributed by atoms with van der Waals surface area (Å²) in [6, 6.07) is 0. The highest BCUT2D eigenvalue weighted by atomic mass is 16.5. The molecule has 0 rings (SSSR count). The quantitative estimate of drug-likeness (QED) is 0.0371. The first kappa shape index (κ1) is 65.6. The third-order valence-corrected chi connectivity index (χ3v) is 13.3. The van der Waals surface area contributed by atoms with Gasteiger partial charge < -0.3 is 14.8 Å². The Hall–Kier alpha value is -2.41. The smallest absolute Gasteiger partial charge is 0.305 e. The molecule has 0 saturated carbocycles. The van der Waals surface area contributed by atoms with Gasteiger partial charge >= 0.3 is 11.9 Å². The van der Waals surface area contributed by atoms with Crippen molar-refractivity contribution in [3.05, 3.63) is 36.5 Å². The minimum Gasteiger partial charge on any atom is -0.464 e. The van der Waals surface area contributed by atoms with Crippen molar-refractivity contribution in [3.8, 4) is 0 Å². The van der Waals surface area contributed by atoms with Crippen molar-refractivity contribution in [3.63, 3.8) is 0 Å². The summed E-state index contributed by atoms with van der Waals surface area (Å²) in [5.74, 6) is -0.128. The molecule has 0 saturated heterocycles. The van der Waals surface area contributed by atoms with E-state index in [2.05, 4.69) is 67.4 Å². The van der Waals surface area contributed by atoms with Crippen LogP contribution in [0.4, 0.5) is 0 Å². The molecule has 1 amide bonds. The van der Waals surface area contributed by atoms with Gasteiger partial charge in [-0.25, -0.2) is 0 Å². The second kappa shape index (κ2) is 57.2. The van der Waals surface area contributed by atoms with Crippen molar-refractivity contribution in [2.24, 2.45) is 0 Å². The number of nitrogens with zero attached hydrogens (tertiary/aromatic N) is 1. The molecule has 7 heteroatoms. The number of nitrogens with one attached hydrogen (secondary N) is 1. The highest BCUT2D eigenvalue weighted by Crippen LogP contribution is 2.14. The summed E-state index contributed by atoms with van der Waals surface area (Å²) < 4.78 is 11.3. The Morgan fingerprint density at radius 2 is 0.618 bits per heavy atom. The van der Waals surface area contributed by atoms with Crippen LogP contribution in [-0.4, -0.2) is 62.1 Å². The van der Waals surface area contributed by atoms with Crippen molar-refractivity contribution in [1.82, 2.24) is 10.2 Å². The molecule has 0 fully saturated rings. The predicted octanol–water partition coefficient (Wildman–Crippen LogP) is 18.0. The second-order valence-corrected chi connectivity index (χ2v) is 20.0. The van der Waals surface area contributed by atoms with Crippen molar-refractivity contribution in [2.75, 3.05) is 39.4 Å². The van der Waals surface area contributed by atoms with Crippen LogP contribution in [0.15, 0.2) is 36.5 Å². The van der Waals surface area contributed by atoms with Gasteiger partial charge in [-0.05, 0) is 103 Å². The second-order valence-electron chi connectivity index (χ2n) is 20.0. The molecule has 0 aliphatic heterocycles. The van der Waals surface area contributed by atoms with E-state index in [1.807, 2.05) is 0 Å². The number of ether oxygens (including phenoxy) is 2. The van der Waals surface area contributed by atoms with E-state index in [1.165, 1.54) is 186 Å². The third-order valence-electron chi connectivity index (χ3n) is 13.3. The van der Waals surface area contributed by atoms with E-state index < -0.39 is 0 Å². The Morgan fingerprint density at radius 1 is 0.338 bits per heavy atom. The fraction of sp³-hybridized carbons (Fsp3) is 0.852. The van der Waals surface area contributed by atoms with Crippen LogP contribution >= 0.6 is 0 Å². The largest absolute Gasteiger partial charge is 0.464 e. The lowest BCUT2D eigenvalue weighted by atomic mass is 10.1. The molecule has 398 valence electrons. The molecule has 0 spiro atoms. The van der Waals surface area contributed by atoms with E-state index in [0.29, 0.717) is 52.1 Å². The fourth-order valence-corrected chi connectivity index (χ4v) is 8.71. The Balaban J connectivity index is 4.34. The first-order chi connectivity index (χ1) is 33.5. The van der Waals surface area contributed by atoms with E-state index in [9.17, 15) is 14.4 Å². The lowest BCUT2D eigenvalue weighted by Crippen LogP contribution is -2.35. The SMILES string of the molecule is CCCCCCCC/C=C\CCCCCCCC(=O)NCCCN(CCOC(=O)CCCCCCC/C=C\CCCCCCCC)CCOC(=O)CCCCCCC/C=C\CCCCCCCC. The van der Waals surface area contributed by atoms with E-state index in [1.54, 1.807) is 0 Å². The number of hydrogen-bond donors (Lipinski definition) is 1. The Labute approximate surface area is 423 Å². The molecule has 0 atom stereocenters. The number of hydrogen-bond acceptors (Lipinski definition) is 6. The van der Waals surface area contributed by atoms with Gasteiger partial charge in [-0.15, -0.1) is 0 Å². The third kappa shape index (κ3) is 54.5. The molecule has 1 N–H and O–H groups in total. The highest BCUT2D eigenvalue weighted by Gasteiger charge is 2.11. The molecule has 0 aromatic carbocycles. The average Bonchev–Trinajstić information content (AvgIpc) is 3.33. The number of amides is 1. The molecule has 0 aromatic rings. The normalized spacial score (nSPS) is 11.8. The lowest BCUT2D eigenvalue weighted by molar-refractivity contribution is -0.144. The summed E-state index contributed by atoms with van der Waals surface area (Å²) in [6.45, 7) is 10.0. The number of esters is 2. The van der Waals surface area contributed by atoms with Gasteiger partial charge in [0.2, 0.25) is 5.91 Å². The first-order valence-electron chi connectivity index (χ1n) is 29.8. The molecule has 0 radical (unpaired) electrons. The van der Waals surface area contributed by atoms with Crippen LogP contribution < -0.4 is 5.32 Å². The summed E-state index contributed by atoms with van der Waals surface area (Å²) in [6.07, 6.45) is 64.9. The predicted molar refractivity (Wildman–Crippen MR) is 294 cm³/mol. The van der Waals surface area contributed by atoms with E-state index in [0.717, 1.165) is 77.2 Å². The van der Waals surface area contributed by atoms with Gasteiger partial charge in [-0.1, -0.05) is 211 Å². The van der Waals surface area contributed by atoms with E-state index in [-0.39, 0.29) is 17.8 Å². The van der Waals surface area contributed by atoms with Crippen molar-refractivity contribution >= 4 is 17.8 Å². The van der Waals surface area contributed by atoms with Crippen LogP contribution in [0.2, 0.25) is 0 Å². The summed E-state index contributed by atoms with van der Waals surface area (Å²) >= 11 is 0. The standard InChI is InChI=1S/C61H114N2O5/c1-4-7-10-13-16-19-22-25-28-31-34-37-40-43-46-50-59(64)62-53-49-54-63(55-57-67-60(65)51-47-44-41-38-35-32-29-26-23-20-17-14-11-8-5-2)56-58-68-61(66)52-48-45-42-39-36-33-30-27-24-21-18-15-12-9-6-3/h25-30H,4-24,31-58H2,1-3H3,(H,62,64)/b28-25-,29-26-,30-27-. The molecule has 0 aliphatic rings. The molecular formula is C61H114N2O5. The Bertz CT molecular complexity index is 1090. The van der Waals surface area contributed by atoms with Gasteiger partial charge in [-0.2, -0.15) is 0 Å². The van der Waals surface area contributed by atoms with Crippen molar-refractivity contribution in [2.45, 2.75) is 297 Å². The van der Waals surface area contributed by atoms with Crippen LogP contribution in [0, 0.1) is 0 Å². The van der Waals surface area contributed by atoms with Crippen LogP contribution in [0.3, 0.4) is 0 Å². The molecule has 68 heavy (non-hydrogen) atoms. The Morgan fingerprint density at radius 3 is 0.941 bits per heavy atom. The summed E-state index contributed by atoms with van der Waals surface area (Å²) in [5.41, 5.74) is 0. The maximum absolute atomic E-state index is 12.6. The molecule has 0 unspecified atom stereocenters. The summed E-state index contributed by atoms with van der Waals surface area (Å²) in [7, 11) is 0. The van der Waals surface area contributed by atoms with E-state index >= 15 is 0 Å². The zero-order chi connectivity index (χ0) is 49.3. The van der Waals surface area contributed by atoms with Crippen LogP contribution in [-0.2, 0) is 23.9 Å². The Kier molecular flexibility index (Phi) is 55.1. The maximum Gasteiger partial charge on any atom is 0.305 e. The minimum atomic E-state index is -0.128. The summed E-state index contributed by atoms with van der Waals surface area (Å²) in [4.78, 5) is 39.9. The summed E-state index contributed by atoms with van der Waals surface area (Å²) in [5, 5.41) is 3.11. The van der Waals surface area contributed by atoms with Gasteiger partial charge in [0.05, 0.1) is 0 Å². The van der Waals surface area contributed by atoms with Crippen molar-refractivity contribution < 1.29 is 23.9 Å². The van der Waals surface area contributed by atoms with Gasteiger partial charge in [0.25, 0.3) is 0 Å². The number of unbranched alkanes of at least 4 members (excludes halogenated alkanes) is 33. The van der Waals surface area contributed by atoms with Gasteiger partial charge in [0.1, 0.15) is 13.2 Å². The van der Waals surface area contributed by atoms with Crippen LogP contribution in [0.5, 0.6) is 0 Å². The number of carbonyl (C=O) groups excluding carboxylic acids is 3. The van der Waals surface area contributed by atoms with E-state index in [4.69, 9.17) is 9.47 Å². The fourth-order valence-electron chi connectivity index (χ4n) is 8.71. The molecule has 7 nitrogen and oxygen atoms in total. The van der Waals surface area contributed by atoms with Gasteiger partial charge in [0.15, 0.2) is 0 Å². The topological polar surface area (TPSA) is 84.9 Å². The number of carbonyl (C=O) groups is 3. The molecule has 0 aliphatic carbocycles. The minimum absolute atomic E-state index is 0.128. The zero-order valence-corrected chi connectivity index (χ0v) is 45.6. The van der Waals surface area contributed by atoms with Crippen LogP contribution in [0.1, 0.15) is 297 Å². The van der Waals surface area contributed by atoms with Crippen LogP contribution in [0.25, 0.3) is 0 Å². The monoisotopic (exact) mass is 955 g/mol. The maximum atomic E-state index is 12.6. The highest BCUT2D eigenvalue weighted by molar-refractivity contribution is 5.75. The molecule has 0 aromatic heterocycles.